The van der Waals surface area contributed by atoms with E-state index in [9.17, 15) is 25.1 Å². The maximum atomic E-state index is 14.4. The van der Waals surface area contributed by atoms with Crippen LogP contribution in [0.1, 0.15) is 99.8 Å². The van der Waals surface area contributed by atoms with Crippen LogP contribution in [0, 0.1) is 73.4 Å². The molecule has 5 nitrogen and oxygen atoms in total. The molecule has 5 fully saturated rings. The van der Waals surface area contributed by atoms with E-state index in [2.05, 4.69) is 40.7 Å². The molecule has 2 N–H and O–H groups in total. The standard InChI is InChI=1S/C31H47NO4/c1-26(2)10-12-31(17-33)13-11-29(6)23(19(31)15-26)20(34)14-22-28(29,5)9-8-21-27(3,4)24(35)18(16-32)25(36)30(21,22)7/h18-19,21-23,25,33,36H,8-15,17H2,1-7H3. The Morgan fingerprint density at radius 1 is 0.917 bits per heavy atom. The highest BCUT2D eigenvalue weighted by molar-refractivity contribution is 5.91. The van der Waals surface area contributed by atoms with E-state index in [0.717, 1.165) is 44.9 Å². The van der Waals surface area contributed by atoms with Crippen molar-refractivity contribution in [3.05, 3.63) is 0 Å². The minimum atomic E-state index is -1.06. The zero-order valence-electron chi connectivity index (χ0n) is 23.5. The molecule has 10 atom stereocenters. The van der Waals surface area contributed by atoms with Gasteiger partial charge in [-0.25, -0.2) is 0 Å². The summed E-state index contributed by atoms with van der Waals surface area (Å²) in [6, 6.07) is 2.15. The Balaban J connectivity index is 1.63. The molecule has 5 saturated carbocycles. The Kier molecular flexibility index (Phi) is 5.61. The van der Waals surface area contributed by atoms with E-state index in [-0.39, 0.29) is 63.5 Å². The van der Waals surface area contributed by atoms with E-state index in [1.807, 2.05) is 13.8 Å². The van der Waals surface area contributed by atoms with Crippen molar-refractivity contribution in [3.8, 4) is 6.07 Å². The molecule has 36 heavy (non-hydrogen) atoms. The molecule has 5 heteroatoms. The highest BCUT2D eigenvalue weighted by Gasteiger charge is 2.74. The third kappa shape index (κ3) is 2.95. The van der Waals surface area contributed by atoms with Crippen molar-refractivity contribution in [2.75, 3.05) is 6.61 Å². The predicted molar refractivity (Wildman–Crippen MR) is 137 cm³/mol. The molecule has 200 valence electrons. The van der Waals surface area contributed by atoms with Crippen LogP contribution in [-0.4, -0.2) is 34.5 Å². The number of aliphatic hydroxyl groups excluding tert-OH is 2. The van der Waals surface area contributed by atoms with Crippen molar-refractivity contribution in [2.24, 2.45) is 62.1 Å². The summed E-state index contributed by atoms with van der Waals surface area (Å²) in [6.07, 6.45) is 6.01. The third-order valence-electron chi connectivity index (χ3n) is 13.6. The van der Waals surface area contributed by atoms with Gasteiger partial charge in [-0.2, -0.15) is 5.26 Å². The number of fused-ring (bicyclic) bond motifs is 7. The second-order valence-corrected chi connectivity index (χ2v) is 15.6. The monoisotopic (exact) mass is 497 g/mol. The minimum Gasteiger partial charge on any atom is -0.396 e. The molecule has 0 bridgehead atoms. The quantitative estimate of drug-likeness (QED) is 0.510. The number of ketones is 2. The Hall–Kier alpha value is -1.25. The number of aliphatic hydroxyl groups is 2. The average Bonchev–Trinajstić information content (AvgIpc) is 2.80. The van der Waals surface area contributed by atoms with Crippen LogP contribution in [0.2, 0.25) is 0 Å². The van der Waals surface area contributed by atoms with Gasteiger partial charge >= 0.3 is 0 Å². The number of hydrogen-bond donors (Lipinski definition) is 2. The molecule has 0 aromatic rings. The molecule has 0 saturated heterocycles. The largest absolute Gasteiger partial charge is 0.396 e. The zero-order chi connectivity index (χ0) is 26.7. The Morgan fingerprint density at radius 3 is 2.17 bits per heavy atom. The first-order valence-electron chi connectivity index (χ1n) is 14.3. The molecule has 0 aliphatic heterocycles. The van der Waals surface area contributed by atoms with Gasteiger partial charge < -0.3 is 10.2 Å². The molecule has 0 spiro atoms. The van der Waals surface area contributed by atoms with Gasteiger partial charge in [0.25, 0.3) is 0 Å². The van der Waals surface area contributed by atoms with E-state index in [1.54, 1.807) is 0 Å². The maximum Gasteiger partial charge on any atom is 0.158 e. The fourth-order valence-electron chi connectivity index (χ4n) is 11.1. The summed E-state index contributed by atoms with van der Waals surface area (Å²) in [6.45, 7) is 15.5. The lowest BCUT2D eigenvalue weighted by Crippen LogP contribution is -2.72. The van der Waals surface area contributed by atoms with Gasteiger partial charge in [0.1, 0.15) is 11.7 Å². The lowest BCUT2D eigenvalue weighted by atomic mass is 9.30. The van der Waals surface area contributed by atoms with Gasteiger partial charge in [0.05, 0.1) is 12.2 Å². The normalized spacial score (nSPS) is 53.3. The van der Waals surface area contributed by atoms with Gasteiger partial charge in [-0.05, 0) is 84.4 Å². The van der Waals surface area contributed by atoms with E-state index in [1.165, 1.54) is 0 Å². The van der Waals surface area contributed by atoms with E-state index in [4.69, 9.17) is 0 Å². The molecule has 5 aliphatic rings. The summed E-state index contributed by atoms with van der Waals surface area (Å²) in [7, 11) is 0. The smallest absolute Gasteiger partial charge is 0.158 e. The fourth-order valence-corrected chi connectivity index (χ4v) is 11.1. The van der Waals surface area contributed by atoms with Gasteiger partial charge in [0, 0.05) is 29.8 Å². The van der Waals surface area contributed by atoms with Crippen molar-refractivity contribution in [1.82, 2.24) is 0 Å². The molecule has 0 aromatic carbocycles. The highest BCUT2D eigenvalue weighted by atomic mass is 16.3. The summed E-state index contributed by atoms with van der Waals surface area (Å²) in [4.78, 5) is 27.7. The number of nitriles is 1. The third-order valence-corrected chi connectivity index (χ3v) is 13.6. The van der Waals surface area contributed by atoms with Crippen molar-refractivity contribution in [1.29, 1.82) is 5.26 Å². The van der Waals surface area contributed by atoms with Gasteiger partial charge in [0.2, 0.25) is 0 Å². The lowest BCUT2D eigenvalue weighted by molar-refractivity contribution is -0.257. The second kappa shape index (κ2) is 7.66. The number of Topliss-reactive ketones (excluding diaryl/α,β-unsaturated/α-hetero) is 2. The molecular formula is C31H47NO4. The molecule has 0 amide bonds. The number of carbonyl (C=O) groups excluding carboxylic acids is 2. The van der Waals surface area contributed by atoms with Crippen LogP contribution in [-0.2, 0) is 9.59 Å². The van der Waals surface area contributed by atoms with Gasteiger partial charge in [-0.1, -0.05) is 48.5 Å². The first-order chi connectivity index (χ1) is 16.6. The van der Waals surface area contributed by atoms with Crippen molar-refractivity contribution in [2.45, 2.75) is 106 Å². The molecule has 10 unspecified atom stereocenters. The first-order valence-corrected chi connectivity index (χ1v) is 14.3. The predicted octanol–water partition coefficient (Wildman–Crippen LogP) is 5.33. The van der Waals surface area contributed by atoms with Crippen LogP contribution in [0.4, 0.5) is 0 Å². The van der Waals surface area contributed by atoms with Crippen LogP contribution in [0.15, 0.2) is 0 Å². The van der Waals surface area contributed by atoms with Crippen LogP contribution in [0.5, 0.6) is 0 Å². The number of hydrogen-bond acceptors (Lipinski definition) is 5. The molecule has 0 aromatic heterocycles. The van der Waals surface area contributed by atoms with Gasteiger partial charge in [-0.3, -0.25) is 9.59 Å². The first kappa shape index (κ1) is 26.4. The van der Waals surface area contributed by atoms with Crippen LogP contribution in [0.3, 0.4) is 0 Å². The summed E-state index contributed by atoms with van der Waals surface area (Å²) in [5, 5.41) is 32.3. The minimum absolute atomic E-state index is 0.0585. The lowest BCUT2D eigenvalue weighted by Gasteiger charge is -2.73. The van der Waals surface area contributed by atoms with Gasteiger partial charge in [0.15, 0.2) is 5.78 Å². The van der Waals surface area contributed by atoms with Crippen molar-refractivity contribution < 1.29 is 19.8 Å². The van der Waals surface area contributed by atoms with Crippen molar-refractivity contribution >= 4 is 11.6 Å². The summed E-state index contributed by atoms with van der Waals surface area (Å²) < 4.78 is 0. The highest BCUT2D eigenvalue weighted by Crippen LogP contribution is 2.76. The van der Waals surface area contributed by atoms with E-state index >= 15 is 0 Å². The molecule has 5 rings (SSSR count). The average molecular weight is 498 g/mol. The summed E-state index contributed by atoms with van der Waals surface area (Å²) >= 11 is 0. The Bertz CT molecular complexity index is 1030. The SMILES string of the molecule is CC1(C)CCC2(CO)CCC3(C)C(C(=O)CC4C5(C)C(O)C(C#N)C(=O)C(C)(C)C5CCC43C)C2C1. The maximum absolute atomic E-state index is 14.4. The number of rotatable bonds is 1. The Morgan fingerprint density at radius 2 is 1.56 bits per heavy atom. The van der Waals surface area contributed by atoms with Crippen LogP contribution < -0.4 is 0 Å². The zero-order valence-corrected chi connectivity index (χ0v) is 23.5. The van der Waals surface area contributed by atoms with Crippen molar-refractivity contribution in [3.63, 3.8) is 0 Å². The van der Waals surface area contributed by atoms with E-state index < -0.39 is 22.9 Å². The van der Waals surface area contributed by atoms with Crippen LogP contribution in [0.25, 0.3) is 0 Å². The molecule has 0 heterocycles. The van der Waals surface area contributed by atoms with Gasteiger partial charge in [-0.15, -0.1) is 0 Å². The summed E-state index contributed by atoms with van der Waals surface area (Å²) in [5.41, 5.74) is -1.80. The number of carbonyl (C=O) groups is 2. The fraction of sp³-hybridized carbons (Fsp3) is 0.903. The molecule has 0 radical (unpaired) electrons. The molecular weight excluding hydrogens is 450 g/mol. The number of nitrogens with zero attached hydrogens (tertiary/aromatic N) is 1. The summed E-state index contributed by atoms with van der Waals surface area (Å²) in [5.74, 6) is -0.937. The molecule has 5 aliphatic carbocycles. The topological polar surface area (TPSA) is 98.4 Å². The van der Waals surface area contributed by atoms with E-state index in [0.29, 0.717) is 6.42 Å². The van der Waals surface area contributed by atoms with Crippen LogP contribution >= 0.6 is 0 Å². The second-order valence-electron chi connectivity index (χ2n) is 15.6. The Labute approximate surface area is 217 Å².